The van der Waals surface area contributed by atoms with Crippen LogP contribution in [0.2, 0.25) is 0 Å². The van der Waals surface area contributed by atoms with Crippen LogP contribution in [-0.2, 0) is 0 Å². The molecule has 1 amide bonds. The van der Waals surface area contributed by atoms with E-state index in [-0.39, 0.29) is 0 Å². The zero-order valence-corrected chi connectivity index (χ0v) is 12.7. The number of nitrogens with two attached hydrogens (primary N) is 2. The molecule has 1 heterocycles. The lowest BCUT2D eigenvalue weighted by Crippen LogP contribution is -2.44. The number of halogens is 1. The van der Waals surface area contributed by atoms with E-state index in [2.05, 4.69) is 27.8 Å². The maximum absolute atomic E-state index is 11.7. The Kier molecular flexibility index (Phi) is 4.47. The SMILES string of the molecule is CC1CCC(CN)CN1c1cccc(Br)c1C(N)=O. The van der Waals surface area contributed by atoms with Gasteiger partial charge in [0.25, 0.3) is 5.91 Å². The van der Waals surface area contributed by atoms with E-state index in [0.717, 1.165) is 29.5 Å². The van der Waals surface area contributed by atoms with Gasteiger partial charge in [0.15, 0.2) is 0 Å². The minimum atomic E-state index is -0.399. The van der Waals surface area contributed by atoms with Gasteiger partial charge in [-0.05, 0) is 60.3 Å². The number of piperidine rings is 1. The van der Waals surface area contributed by atoms with Crippen LogP contribution < -0.4 is 16.4 Å². The van der Waals surface area contributed by atoms with Crippen molar-refractivity contribution in [3.63, 3.8) is 0 Å². The molecule has 2 rings (SSSR count). The van der Waals surface area contributed by atoms with E-state index in [0.29, 0.717) is 24.1 Å². The molecule has 4 nitrogen and oxygen atoms in total. The molecule has 19 heavy (non-hydrogen) atoms. The van der Waals surface area contributed by atoms with Gasteiger partial charge in [-0.3, -0.25) is 4.79 Å². The van der Waals surface area contributed by atoms with Gasteiger partial charge < -0.3 is 16.4 Å². The topological polar surface area (TPSA) is 72.3 Å². The molecule has 2 atom stereocenters. The van der Waals surface area contributed by atoms with Gasteiger partial charge in [0.1, 0.15) is 0 Å². The molecule has 1 fully saturated rings. The summed E-state index contributed by atoms with van der Waals surface area (Å²) in [5.74, 6) is 0.0838. The van der Waals surface area contributed by atoms with Crippen LogP contribution in [0, 0.1) is 5.92 Å². The third kappa shape index (κ3) is 2.92. The monoisotopic (exact) mass is 325 g/mol. The third-order valence-electron chi connectivity index (χ3n) is 3.86. The molecule has 0 aromatic heterocycles. The van der Waals surface area contributed by atoms with Crippen LogP contribution in [0.1, 0.15) is 30.1 Å². The first-order chi connectivity index (χ1) is 9.04. The van der Waals surface area contributed by atoms with Crippen LogP contribution in [0.5, 0.6) is 0 Å². The summed E-state index contributed by atoms with van der Waals surface area (Å²) in [6.07, 6.45) is 2.24. The fourth-order valence-corrected chi connectivity index (χ4v) is 3.26. The van der Waals surface area contributed by atoms with Gasteiger partial charge >= 0.3 is 0 Å². The number of hydrogen-bond acceptors (Lipinski definition) is 3. The van der Waals surface area contributed by atoms with Crippen molar-refractivity contribution in [1.82, 2.24) is 0 Å². The van der Waals surface area contributed by atoms with E-state index in [4.69, 9.17) is 11.5 Å². The molecule has 0 spiro atoms. The first-order valence-corrected chi connectivity index (χ1v) is 7.39. The number of rotatable bonds is 3. The van der Waals surface area contributed by atoms with Crippen LogP contribution >= 0.6 is 15.9 Å². The Balaban J connectivity index is 2.39. The molecule has 0 bridgehead atoms. The quantitative estimate of drug-likeness (QED) is 0.894. The second-order valence-corrected chi connectivity index (χ2v) is 6.03. The second-order valence-electron chi connectivity index (χ2n) is 5.18. The van der Waals surface area contributed by atoms with E-state index >= 15 is 0 Å². The number of carbonyl (C=O) groups is 1. The molecule has 0 aliphatic carbocycles. The molecular formula is C14H20BrN3O. The number of carbonyl (C=O) groups excluding carboxylic acids is 1. The molecule has 1 aromatic carbocycles. The third-order valence-corrected chi connectivity index (χ3v) is 4.52. The molecule has 104 valence electrons. The Hall–Kier alpha value is -1.07. The molecule has 0 saturated carbocycles. The van der Waals surface area contributed by atoms with Crippen molar-refractivity contribution in [3.8, 4) is 0 Å². The molecule has 1 aliphatic rings. The largest absolute Gasteiger partial charge is 0.368 e. The molecular weight excluding hydrogens is 306 g/mol. The zero-order valence-electron chi connectivity index (χ0n) is 11.1. The van der Waals surface area contributed by atoms with Crippen molar-refractivity contribution in [1.29, 1.82) is 0 Å². The van der Waals surface area contributed by atoms with Gasteiger partial charge in [-0.15, -0.1) is 0 Å². The fourth-order valence-electron chi connectivity index (χ4n) is 2.71. The lowest BCUT2D eigenvalue weighted by molar-refractivity contribution is 0.1000. The molecule has 0 radical (unpaired) electrons. The van der Waals surface area contributed by atoms with Crippen molar-refractivity contribution in [2.45, 2.75) is 25.8 Å². The van der Waals surface area contributed by atoms with Gasteiger partial charge in [-0.1, -0.05) is 6.07 Å². The van der Waals surface area contributed by atoms with Gasteiger partial charge in [-0.2, -0.15) is 0 Å². The first kappa shape index (κ1) is 14.3. The Morgan fingerprint density at radius 2 is 2.21 bits per heavy atom. The summed E-state index contributed by atoms with van der Waals surface area (Å²) in [6.45, 7) is 3.75. The number of amides is 1. The van der Waals surface area contributed by atoms with E-state index in [1.165, 1.54) is 0 Å². The minimum absolute atomic E-state index is 0.398. The highest BCUT2D eigenvalue weighted by molar-refractivity contribution is 9.10. The normalized spacial score (nSPS) is 23.4. The fraction of sp³-hybridized carbons (Fsp3) is 0.500. The van der Waals surface area contributed by atoms with Gasteiger partial charge in [0.2, 0.25) is 0 Å². The highest BCUT2D eigenvalue weighted by atomic mass is 79.9. The van der Waals surface area contributed by atoms with Crippen molar-refractivity contribution >= 4 is 27.5 Å². The molecule has 4 N–H and O–H groups in total. The summed E-state index contributed by atoms with van der Waals surface area (Å²) >= 11 is 3.41. The zero-order chi connectivity index (χ0) is 14.0. The predicted octanol–water partition coefficient (Wildman–Crippen LogP) is 2.11. The highest BCUT2D eigenvalue weighted by Crippen LogP contribution is 2.33. The summed E-state index contributed by atoms with van der Waals surface area (Å²) in [5.41, 5.74) is 12.8. The summed E-state index contributed by atoms with van der Waals surface area (Å²) in [6, 6.07) is 6.14. The van der Waals surface area contributed by atoms with E-state index in [1.54, 1.807) is 0 Å². The molecule has 1 aliphatic heterocycles. The lowest BCUT2D eigenvalue weighted by Gasteiger charge is -2.40. The highest BCUT2D eigenvalue weighted by Gasteiger charge is 2.27. The molecule has 1 aromatic rings. The van der Waals surface area contributed by atoms with Crippen molar-refractivity contribution < 1.29 is 4.79 Å². The van der Waals surface area contributed by atoms with Crippen LogP contribution in [0.4, 0.5) is 5.69 Å². The van der Waals surface area contributed by atoms with E-state index in [9.17, 15) is 4.79 Å². The van der Waals surface area contributed by atoms with Gasteiger partial charge in [-0.25, -0.2) is 0 Å². The Labute approximate surface area is 122 Å². The molecule has 2 unspecified atom stereocenters. The summed E-state index contributed by atoms with van der Waals surface area (Å²) < 4.78 is 0.750. The Bertz CT molecular complexity index is 478. The first-order valence-electron chi connectivity index (χ1n) is 6.59. The Morgan fingerprint density at radius 3 is 2.84 bits per heavy atom. The second kappa shape index (κ2) is 5.92. The van der Waals surface area contributed by atoms with Gasteiger partial charge in [0.05, 0.1) is 11.3 Å². The maximum Gasteiger partial charge on any atom is 0.251 e. The summed E-state index contributed by atoms with van der Waals surface area (Å²) in [4.78, 5) is 13.9. The molecule has 1 saturated heterocycles. The maximum atomic E-state index is 11.7. The van der Waals surface area contributed by atoms with Crippen LogP contribution in [-0.4, -0.2) is 25.0 Å². The average molecular weight is 326 g/mol. The van der Waals surface area contributed by atoms with E-state index in [1.807, 2.05) is 18.2 Å². The number of hydrogen-bond donors (Lipinski definition) is 2. The van der Waals surface area contributed by atoms with Crippen molar-refractivity contribution in [2.24, 2.45) is 17.4 Å². The predicted molar refractivity (Wildman–Crippen MR) is 81.2 cm³/mol. The van der Waals surface area contributed by atoms with Crippen LogP contribution in [0.15, 0.2) is 22.7 Å². The Morgan fingerprint density at radius 1 is 1.47 bits per heavy atom. The van der Waals surface area contributed by atoms with Crippen molar-refractivity contribution in [2.75, 3.05) is 18.0 Å². The summed E-state index contributed by atoms with van der Waals surface area (Å²) in [5, 5.41) is 0. The smallest absolute Gasteiger partial charge is 0.251 e. The standard InChI is InChI=1S/C14H20BrN3O/c1-9-5-6-10(7-16)8-18(9)12-4-2-3-11(15)13(12)14(17)19/h2-4,9-10H,5-8,16H2,1H3,(H2,17,19). The number of primary amides is 1. The number of nitrogens with zero attached hydrogens (tertiary/aromatic N) is 1. The van der Waals surface area contributed by atoms with Crippen LogP contribution in [0.25, 0.3) is 0 Å². The summed E-state index contributed by atoms with van der Waals surface area (Å²) in [7, 11) is 0. The number of benzene rings is 1. The van der Waals surface area contributed by atoms with Gasteiger partial charge in [0, 0.05) is 17.1 Å². The average Bonchev–Trinajstić information content (AvgIpc) is 2.38. The number of anilines is 1. The molecule has 5 heteroatoms. The minimum Gasteiger partial charge on any atom is -0.368 e. The lowest BCUT2D eigenvalue weighted by atomic mass is 9.92. The van der Waals surface area contributed by atoms with Crippen molar-refractivity contribution in [3.05, 3.63) is 28.2 Å². The van der Waals surface area contributed by atoms with Crippen LogP contribution in [0.3, 0.4) is 0 Å². The van der Waals surface area contributed by atoms with E-state index < -0.39 is 5.91 Å².